The van der Waals surface area contributed by atoms with Gasteiger partial charge in [0.15, 0.2) is 0 Å². The van der Waals surface area contributed by atoms with Crippen molar-refractivity contribution in [2.45, 2.75) is 12.8 Å². The van der Waals surface area contributed by atoms with E-state index in [1.165, 1.54) is 15.9 Å². The van der Waals surface area contributed by atoms with Crippen LogP contribution in [0.5, 0.6) is 0 Å². The normalized spacial score (nSPS) is 14.5. The van der Waals surface area contributed by atoms with Gasteiger partial charge in [0.05, 0.1) is 11.1 Å². The van der Waals surface area contributed by atoms with Crippen LogP contribution >= 0.6 is 0 Å². The molecule has 0 bridgehead atoms. The van der Waals surface area contributed by atoms with Crippen molar-refractivity contribution in [1.82, 2.24) is 24.6 Å². The SMILES string of the molecule is CN1CCN(c2ccc(Nc3ncc4c(=O)n(C)nc(CCc5ccccc5)c4n3)cc2)CC1. The van der Waals surface area contributed by atoms with Crippen molar-refractivity contribution in [2.75, 3.05) is 43.4 Å². The van der Waals surface area contributed by atoms with Gasteiger partial charge in [0, 0.05) is 50.8 Å². The van der Waals surface area contributed by atoms with Crippen molar-refractivity contribution in [3.63, 3.8) is 0 Å². The minimum atomic E-state index is -0.193. The minimum Gasteiger partial charge on any atom is -0.369 e. The Morgan fingerprint density at radius 2 is 1.65 bits per heavy atom. The Morgan fingerprint density at radius 3 is 2.38 bits per heavy atom. The zero-order valence-electron chi connectivity index (χ0n) is 19.6. The number of nitrogens with zero attached hydrogens (tertiary/aromatic N) is 6. The molecule has 0 aliphatic carbocycles. The van der Waals surface area contributed by atoms with Crippen molar-refractivity contribution < 1.29 is 0 Å². The smallest absolute Gasteiger partial charge is 0.277 e. The number of aromatic nitrogens is 4. The van der Waals surface area contributed by atoms with Crippen LogP contribution in [-0.2, 0) is 19.9 Å². The summed E-state index contributed by atoms with van der Waals surface area (Å²) in [7, 11) is 3.83. The molecule has 1 fully saturated rings. The van der Waals surface area contributed by atoms with Gasteiger partial charge in [0.25, 0.3) is 5.56 Å². The van der Waals surface area contributed by atoms with Crippen LogP contribution in [0, 0.1) is 0 Å². The van der Waals surface area contributed by atoms with Crippen LogP contribution in [0.25, 0.3) is 10.9 Å². The Labute approximate surface area is 198 Å². The highest BCUT2D eigenvalue weighted by Gasteiger charge is 2.15. The molecule has 5 rings (SSSR count). The maximum Gasteiger partial charge on any atom is 0.277 e. The van der Waals surface area contributed by atoms with Crippen molar-refractivity contribution in [2.24, 2.45) is 7.05 Å². The van der Waals surface area contributed by atoms with Crippen LogP contribution in [0.2, 0.25) is 0 Å². The number of benzene rings is 2. The van der Waals surface area contributed by atoms with E-state index in [9.17, 15) is 4.79 Å². The number of hydrogen-bond donors (Lipinski definition) is 1. The van der Waals surface area contributed by atoms with Gasteiger partial charge in [-0.3, -0.25) is 4.79 Å². The molecule has 0 amide bonds. The van der Waals surface area contributed by atoms with Gasteiger partial charge in [0.1, 0.15) is 5.52 Å². The topological polar surface area (TPSA) is 79.2 Å². The van der Waals surface area contributed by atoms with E-state index in [1.54, 1.807) is 13.2 Å². The quantitative estimate of drug-likeness (QED) is 0.479. The first-order valence-corrected chi connectivity index (χ1v) is 11.6. The molecule has 1 saturated heterocycles. The van der Waals surface area contributed by atoms with Gasteiger partial charge in [-0.05, 0) is 49.7 Å². The second-order valence-electron chi connectivity index (χ2n) is 8.78. The monoisotopic (exact) mass is 455 g/mol. The van der Waals surface area contributed by atoms with Gasteiger partial charge < -0.3 is 15.1 Å². The van der Waals surface area contributed by atoms with Crippen LogP contribution in [0.1, 0.15) is 11.3 Å². The first-order valence-electron chi connectivity index (χ1n) is 11.6. The summed E-state index contributed by atoms with van der Waals surface area (Å²) in [6.45, 7) is 4.21. The number of rotatable bonds is 6. The van der Waals surface area contributed by atoms with E-state index in [0.29, 0.717) is 23.3 Å². The number of anilines is 3. The lowest BCUT2D eigenvalue weighted by molar-refractivity contribution is 0.313. The summed E-state index contributed by atoms with van der Waals surface area (Å²) in [4.78, 5) is 26.5. The standard InChI is InChI=1S/C26H29N7O/c1-31-14-16-33(17-15-31)21-11-9-20(10-12-21)28-26-27-18-22-24(29-26)23(30-32(2)25(22)34)13-8-19-6-4-3-5-7-19/h3-7,9-12,18H,8,13-17H2,1-2H3,(H,27,28,29). The highest BCUT2D eigenvalue weighted by Crippen LogP contribution is 2.22. The molecule has 8 nitrogen and oxygen atoms in total. The molecular weight excluding hydrogens is 426 g/mol. The lowest BCUT2D eigenvalue weighted by atomic mass is 10.1. The maximum absolute atomic E-state index is 12.6. The molecule has 0 saturated carbocycles. The average molecular weight is 456 g/mol. The fourth-order valence-electron chi connectivity index (χ4n) is 4.29. The van der Waals surface area contributed by atoms with E-state index in [1.807, 2.05) is 30.3 Å². The molecular formula is C26H29N7O. The van der Waals surface area contributed by atoms with Gasteiger partial charge in [-0.15, -0.1) is 0 Å². The van der Waals surface area contributed by atoms with E-state index in [-0.39, 0.29) is 5.56 Å². The molecule has 0 spiro atoms. The van der Waals surface area contributed by atoms with Crippen LogP contribution < -0.4 is 15.8 Å². The fourth-order valence-corrected chi connectivity index (χ4v) is 4.29. The zero-order chi connectivity index (χ0) is 23.5. The predicted octanol–water partition coefficient (Wildman–Crippen LogP) is 3.00. The Kier molecular flexibility index (Phi) is 6.22. The molecule has 4 aromatic rings. The average Bonchev–Trinajstić information content (AvgIpc) is 2.87. The summed E-state index contributed by atoms with van der Waals surface area (Å²) < 4.78 is 1.37. The lowest BCUT2D eigenvalue weighted by Crippen LogP contribution is -2.44. The number of fused-ring (bicyclic) bond motifs is 1. The summed E-state index contributed by atoms with van der Waals surface area (Å²) in [6, 6.07) is 18.6. The van der Waals surface area contributed by atoms with Gasteiger partial charge in [-0.25, -0.2) is 14.6 Å². The second-order valence-corrected chi connectivity index (χ2v) is 8.78. The molecule has 34 heavy (non-hydrogen) atoms. The molecule has 2 aromatic heterocycles. The van der Waals surface area contributed by atoms with Crippen molar-refractivity contribution in [1.29, 1.82) is 0 Å². The van der Waals surface area contributed by atoms with Gasteiger partial charge in [-0.1, -0.05) is 30.3 Å². The van der Waals surface area contributed by atoms with E-state index < -0.39 is 0 Å². The predicted molar refractivity (Wildman–Crippen MR) is 136 cm³/mol. The summed E-state index contributed by atoms with van der Waals surface area (Å²) in [5.74, 6) is 0.455. The van der Waals surface area contributed by atoms with Crippen LogP contribution in [0.3, 0.4) is 0 Å². The zero-order valence-corrected chi connectivity index (χ0v) is 19.6. The van der Waals surface area contributed by atoms with E-state index >= 15 is 0 Å². The first kappa shape index (κ1) is 22.0. The van der Waals surface area contributed by atoms with Gasteiger partial charge in [0.2, 0.25) is 5.95 Å². The third-order valence-electron chi connectivity index (χ3n) is 6.34. The molecule has 0 unspecified atom stereocenters. The number of nitrogens with one attached hydrogen (secondary N) is 1. The summed E-state index contributed by atoms with van der Waals surface area (Å²) >= 11 is 0. The number of piperazine rings is 1. The minimum absolute atomic E-state index is 0.193. The number of hydrogen-bond acceptors (Lipinski definition) is 7. The van der Waals surface area contributed by atoms with E-state index in [2.05, 4.69) is 56.5 Å². The van der Waals surface area contributed by atoms with Gasteiger partial charge >= 0.3 is 0 Å². The number of aryl methyl sites for hydroxylation is 3. The molecule has 3 heterocycles. The molecule has 2 aromatic carbocycles. The van der Waals surface area contributed by atoms with Crippen LogP contribution in [0.15, 0.2) is 65.6 Å². The summed E-state index contributed by atoms with van der Waals surface area (Å²) in [5, 5.41) is 8.28. The molecule has 0 radical (unpaired) electrons. The lowest BCUT2D eigenvalue weighted by Gasteiger charge is -2.34. The highest BCUT2D eigenvalue weighted by atomic mass is 16.1. The largest absolute Gasteiger partial charge is 0.369 e. The molecule has 1 aliphatic rings. The maximum atomic E-state index is 12.6. The first-order chi connectivity index (χ1) is 16.6. The second kappa shape index (κ2) is 9.61. The van der Waals surface area contributed by atoms with Crippen molar-refractivity contribution in [3.8, 4) is 0 Å². The fraction of sp³-hybridized carbons (Fsp3) is 0.308. The molecule has 1 aliphatic heterocycles. The van der Waals surface area contributed by atoms with Crippen LogP contribution in [-0.4, -0.2) is 57.9 Å². The summed E-state index contributed by atoms with van der Waals surface area (Å²) in [5.41, 5.74) is 4.54. The Bertz CT molecular complexity index is 1330. The molecule has 0 atom stereocenters. The highest BCUT2D eigenvalue weighted by molar-refractivity contribution is 5.80. The molecule has 8 heteroatoms. The Morgan fingerprint density at radius 1 is 0.912 bits per heavy atom. The molecule has 174 valence electrons. The Balaban J connectivity index is 1.37. The van der Waals surface area contributed by atoms with E-state index in [0.717, 1.165) is 44.0 Å². The van der Waals surface area contributed by atoms with Gasteiger partial charge in [-0.2, -0.15) is 5.10 Å². The third-order valence-corrected chi connectivity index (χ3v) is 6.34. The molecule has 1 N–H and O–H groups in total. The van der Waals surface area contributed by atoms with E-state index in [4.69, 9.17) is 4.98 Å². The van der Waals surface area contributed by atoms with Crippen LogP contribution in [0.4, 0.5) is 17.3 Å². The van der Waals surface area contributed by atoms with Crippen molar-refractivity contribution in [3.05, 3.63) is 82.4 Å². The number of likely N-dealkylation sites (N-methyl/N-ethyl adjacent to an activating group) is 1. The summed E-state index contributed by atoms with van der Waals surface area (Å²) in [6.07, 6.45) is 3.10. The third kappa shape index (κ3) is 4.77. The Hall–Kier alpha value is -3.78. The van der Waals surface area contributed by atoms with Crippen molar-refractivity contribution >= 4 is 28.2 Å².